The standard InChI is InChI=1S/C25H19ClN4O3S/c26-20-9-6-18(7-10-20)8-11-22-16-17-27-25(29-22)30-34(32,33)23-14-12-21(13-15-23)28-24(31)19-4-2-1-3-5-19/h1-17H,(H,28,31)(H,27,29,30). The number of nitrogens with zero attached hydrogens (tertiary/aromatic N) is 2. The topological polar surface area (TPSA) is 101 Å². The number of carbonyl (C=O) groups excluding carboxylic acids is 1. The van der Waals surface area contributed by atoms with Crippen LogP contribution in [0, 0.1) is 0 Å². The van der Waals surface area contributed by atoms with Gasteiger partial charge in [0.25, 0.3) is 15.9 Å². The first-order valence-corrected chi connectivity index (χ1v) is 12.0. The first kappa shape index (κ1) is 23.2. The lowest BCUT2D eigenvalue weighted by molar-refractivity contribution is 0.102. The molecule has 1 aromatic heterocycles. The molecule has 0 fully saturated rings. The molecule has 34 heavy (non-hydrogen) atoms. The average Bonchev–Trinajstić information content (AvgIpc) is 2.84. The van der Waals surface area contributed by atoms with Crippen molar-refractivity contribution in [2.45, 2.75) is 4.90 Å². The molecule has 0 bridgehead atoms. The highest BCUT2D eigenvalue weighted by molar-refractivity contribution is 7.92. The Morgan fingerprint density at radius 1 is 0.853 bits per heavy atom. The van der Waals surface area contributed by atoms with Crippen molar-refractivity contribution in [3.8, 4) is 0 Å². The summed E-state index contributed by atoms with van der Waals surface area (Å²) in [6, 6.07) is 23.5. The highest BCUT2D eigenvalue weighted by Gasteiger charge is 2.16. The van der Waals surface area contributed by atoms with Crippen LogP contribution in [0.1, 0.15) is 21.6 Å². The number of halogens is 1. The van der Waals surface area contributed by atoms with Gasteiger partial charge in [-0.25, -0.2) is 23.1 Å². The van der Waals surface area contributed by atoms with Crippen molar-refractivity contribution < 1.29 is 13.2 Å². The molecule has 0 aliphatic rings. The van der Waals surface area contributed by atoms with Gasteiger partial charge in [-0.1, -0.05) is 48.0 Å². The van der Waals surface area contributed by atoms with Gasteiger partial charge < -0.3 is 5.32 Å². The molecule has 0 aliphatic carbocycles. The van der Waals surface area contributed by atoms with Crippen molar-refractivity contribution >= 4 is 51.3 Å². The quantitative estimate of drug-likeness (QED) is 0.363. The lowest BCUT2D eigenvalue weighted by atomic mass is 10.2. The van der Waals surface area contributed by atoms with E-state index in [-0.39, 0.29) is 16.8 Å². The SMILES string of the molecule is O=C(Nc1ccc(S(=O)(=O)Nc2nccc(C=Cc3ccc(Cl)cc3)n2)cc1)c1ccccc1. The van der Waals surface area contributed by atoms with E-state index in [0.717, 1.165) is 5.56 Å². The van der Waals surface area contributed by atoms with Gasteiger partial charge >= 0.3 is 0 Å². The first-order chi connectivity index (χ1) is 16.4. The molecular weight excluding hydrogens is 472 g/mol. The largest absolute Gasteiger partial charge is 0.322 e. The second-order valence-electron chi connectivity index (χ2n) is 7.14. The fourth-order valence-electron chi connectivity index (χ4n) is 2.96. The molecule has 3 aromatic carbocycles. The Bertz CT molecular complexity index is 1420. The number of amides is 1. The van der Waals surface area contributed by atoms with E-state index in [1.54, 1.807) is 48.5 Å². The zero-order valence-electron chi connectivity index (χ0n) is 17.7. The predicted molar refractivity (Wildman–Crippen MR) is 134 cm³/mol. The normalized spacial score (nSPS) is 11.3. The van der Waals surface area contributed by atoms with Crippen LogP contribution in [-0.4, -0.2) is 24.3 Å². The van der Waals surface area contributed by atoms with E-state index in [4.69, 9.17) is 11.6 Å². The molecule has 0 atom stereocenters. The van der Waals surface area contributed by atoms with Gasteiger partial charge in [0, 0.05) is 22.5 Å². The summed E-state index contributed by atoms with van der Waals surface area (Å²) in [6.07, 6.45) is 5.04. The molecule has 4 aromatic rings. The number of anilines is 2. The molecule has 0 radical (unpaired) electrons. The first-order valence-electron chi connectivity index (χ1n) is 10.1. The third-order valence-corrected chi connectivity index (χ3v) is 6.27. The van der Waals surface area contributed by atoms with E-state index in [9.17, 15) is 13.2 Å². The van der Waals surface area contributed by atoms with Crippen LogP contribution in [-0.2, 0) is 10.0 Å². The Morgan fingerprint density at radius 2 is 1.56 bits per heavy atom. The average molecular weight is 491 g/mol. The molecule has 170 valence electrons. The molecule has 7 nitrogen and oxygen atoms in total. The van der Waals surface area contributed by atoms with Gasteiger partial charge in [-0.2, -0.15) is 0 Å². The Hall–Kier alpha value is -4.01. The van der Waals surface area contributed by atoms with Crippen molar-refractivity contribution in [1.82, 2.24) is 9.97 Å². The van der Waals surface area contributed by atoms with Gasteiger partial charge in [-0.15, -0.1) is 0 Å². The molecule has 0 saturated heterocycles. The van der Waals surface area contributed by atoms with E-state index < -0.39 is 10.0 Å². The Labute approximate surface area is 202 Å². The number of hydrogen-bond acceptors (Lipinski definition) is 5. The Kier molecular flexibility index (Phi) is 7.01. The van der Waals surface area contributed by atoms with Crippen LogP contribution in [0.15, 0.2) is 96.0 Å². The number of hydrogen-bond donors (Lipinski definition) is 2. The maximum atomic E-state index is 12.8. The number of benzene rings is 3. The second kappa shape index (κ2) is 10.3. The van der Waals surface area contributed by atoms with Gasteiger partial charge in [0.1, 0.15) is 0 Å². The van der Waals surface area contributed by atoms with E-state index in [1.165, 1.54) is 30.5 Å². The van der Waals surface area contributed by atoms with Crippen LogP contribution in [0.2, 0.25) is 5.02 Å². The highest BCUT2D eigenvalue weighted by atomic mass is 35.5. The molecule has 9 heteroatoms. The summed E-state index contributed by atoms with van der Waals surface area (Å²) in [5.41, 5.74) is 2.42. The van der Waals surface area contributed by atoms with Crippen molar-refractivity contribution in [1.29, 1.82) is 0 Å². The second-order valence-corrected chi connectivity index (χ2v) is 9.26. The van der Waals surface area contributed by atoms with Gasteiger partial charge in [0.2, 0.25) is 5.95 Å². The fraction of sp³-hybridized carbons (Fsp3) is 0. The number of sulfonamides is 1. The van der Waals surface area contributed by atoms with Crippen LogP contribution < -0.4 is 10.0 Å². The molecule has 4 rings (SSSR count). The fourth-order valence-corrected chi connectivity index (χ4v) is 4.04. The summed E-state index contributed by atoms with van der Waals surface area (Å²) in [7, 11) is -3.93. The molecule has 1 heterocycles. The third-order valence-electron chi connectivity index (χ3n) is 4.68. The summed E-state index contributed by atoms with van der Waals surface area (Å²) >= 11 is 5.89. The van der Waals surface area contributed by atoms with Gasteiger partial charge in [-0.3, -0.25) is 4.79 Å². The smallest absolute Gasteiger partial charge is 0.264 e. The summed E-state index contributed by atoms with van der Waals surface area (Å²) in [4.78, 5) is 20.5. The Morgan fingerprint density at radius 3 is 2.26 bits per heavy atom. The van der Waals surface area contributed by atoms with Crippen molar-refractivity contribution in [2.75, 3.05) is 10.0 Å². The molecule has 2 N–H and O–H groups in total. The summed E-state index contributed by atoms with van der Waals surface area (Å²) < 4.78 is 27.9. The zero-order chi connectivity index (χ0) is 24.0. The minimum Gasteiger partial charge on any atom is -0.322 e. The molecule has 1 amide bonds. The molecule has 0 aliphatic heterocycles. The highest BCUT2D eigenvalue weighted by Crippen LogP contribution is 2.18. The van der Waals surface area contributed by atoms with Crippen LogP contribution in [0.4, 0.5) is 11.6 Å². The zero-order valence-corrected chi connectivity index (χ0v) is 19.3. The molecule has 0 unspecified atom stereocenters. The monoisotopic (exact) mass is 490 g/mol. The van der Waals surface area contributed by atoms with Crippen LogP contribution in [0.25, 0.3) is 12.2 Å². The lowest BCUT2D eigenvalue weighted by Gasteiger charge is -2.09. The third kappa shape index (κ3) is 6.06. The van der Waals surface area contributed by atoms with Crippen LogP contribution >= 0.6 is 11.6 Å². The predicted octanol–water partition coefficient (Wildman–Crippen LogP) is 5.35. The molecule has 0 saturated carbocycles. The summed E-state index contributed by atoms with van der Waals surface area (Å²) in [5.74, 6) is -0.342. The van der Waals surface area contributed by atoms with Crippen molar-refractivity contribution in [2.24, 2.45) is 0 Å². The van der Waals surface area contributed by atoms with E-state index in [0.29, 0.717) is 22.0 Å². The minimum atomic E-state index is -3.93. The van der Waals surface area contributed by atoms with Crippen molar-refractivity contribution in [3.63, 3.8) is 0 Å². The molecular formula is C25H19ClN4O3S. The maximum absolute atomic E-state index is 12.8. The van der Waals surface area contributed by atoms with E-state index in [2.05, 4.69) is 20.0 Å². The maximum Gasteiger partial charge on any atom is 0.264 e. The summed E-state index contributed by atoms with van der Waals surface area (Å²) in [5, 5.41) is 3.37. The van der Waals surface area contributed by atoms with Crippen molar-refractivity contribution in [3.05, 3.63) is 113 Å². The van der Waals surface area contributed by atoms with Gasteiger partial charge in [-0.05, 0) is 66.2 Å². The number of aromatic nitrogens is 2. The van der Waals surface area contributed by atoms with Crippen LogP contribution in [0.3, 0.4) is 0 Å². The van der Waals surface area contributed by atoms with Gasteiger partial charge in [0.05, 0.1) is 10.6 Å². The lowest BCUT2D eigenvalue weighted by Crippen LogP contribution is -2.15. The summed E-state index contributed by atoms with van der Waals surface area (Å²) in [6.45, 7) is 0. The van der Waals surface area contributed by atoms with E-state index in [1.807, 2.05) is 24.3 Å². The number of carbonyl (C=O) groups is 1. The minimum absolute atomic E-state index is 0.0101. The number of rotatable bonds is 7. The van der Waals surface area contributed by atoms with E-state index >= 15 is 0 Å². The van der Waals surface area contributed by atoms with Gasteiger partial charge in [0.15, 0.2) is 0 Å². The molecule has 0 spiro atoms. The van der Waals surface area contributed by atoms with Crippen LogP contribution in [0.5, 0.6) is 0 Å². The number of nitrogens with one attached hydrogen (secondary N) is 2. The Balaban J connectivity index is 1.44.